The highest BCUT2D eigenvalue weighted by Crippen LogP contribution is 2.46. The van der Waals surface area contributed by atoms with Gasteiger partial charge in [0.15, 0.2) is 5.82 Å². The molecule has 0 saturated carbocycles. The number of hydrogen-bond acceptors (Lipinski definition) is 4. The molecule has 0 aliphatic carbocycles. The van der Waals surface area contributed by atoms with E-state index in [0.29, 0.717) is 22.6 Å². The molecule has 280 valence electrons. The van der Waals surface area contributed by atoms with Gasteiger partial charge in [-0.1, -0.05) is 146 Å². The van der Waals surface area contributed by atoms with Crippen LogP contribution in [0.4, 0.5) is 0 Å². The molecule has 0 N–H and O–H groups in total. The SMILES string of the molecule is Cc1ccccc1-c1ccc2c(c1)c1ccccc1n2-c1c(-c2ccccc2C#N)cc(-c2cc(-c3ccccc3)nc(-c3ccccc3)n2)cc1-c1ccccc1C#N. The summed E-state index contributed by atoms with van der Waals surface area (Å²) in [5.41, 5.74) is 14.9. The topological polar surface area (TPSA) is 78.3 Å². The highest BCUT2D eigenvalue weighted by atomic mass is 15.0. The highest BCUT2D eigenvalue weighted by molar-refractivity contribution is 6.12. The summed E-state index contributed by atoms with van der Waals surface area (Å²) < 4.78 is 2.31. The fraction of sp³-hybridized carbons (Fsp3) is 0.0182. The minimum atomic E-state index is 0.538. The predicted octanol–water partition coefficient (Wildman–Crippen LogP) is 13.6. The molecule has 10 rings (SSSR count). The number of nitrogens with zero attached hydrogens (tertiary/aromatic N) is 5. The number of fused-ring (bicyclic) bond motifs is 3. The standard InChI is InChI=1S/C55H35N5/c1-36-16-8-11-23-43(36)39-28-29-53-47(30-39)46-26-14-15-27-52(46)60(53)54-48(44-24-12-9-21-40(44)34-56)31-42(32-49(54)45-25-13-10-22-41(45)35-57)51-33-50(37-17-4-2-5-18-37)58-55(59-51)38-19-6-3-7-20-38/h2-33H,1H3. The van der Waals surface area contributed by atoms with E-state index in [-0.39, 0.29) is 0 Å². The second-order valence-corrected chi connectivity index (χ2v) is 14.8. The van der Waals surface area contributed by atoms with Crippen LogP contribution in [0.15, 0.2) is 194 Å². The van der Waals surface area contributed by atoms with E-state index in [2.05, 4.69) is 115 Å². The maximum absolute atomic E-state index is 10.7. The van der Waals surface area contributed by atoms with Crippen LogP contribution < -0.4 is 0 Å². The molecule has 0 fully saturated rings. The van der Waals surface area contributed by atoms with Gasteiger partial charge in [0, 0.05) is 49.7 Å². The molecule has 2 aromatic heterocycles. The molecule has 0 unspecified atom stereocenters. The van der Waals surface area contributed by atoms with Crippen molar-refractivity contribution in [3.05, 3.63) is 211 Å². The third kappa shape index (κ3) is 6.28. The molecule has 5 nitrogen and oxygen atoms in total. The fourth-order valence-corrected chi connectivity index (χ4v) is 8.41. The fourth-order valence-electron chi connectivity index (χ4n) is 8.41. The Balaban J connectivity index is 1.35. The van der Waals surface area contributed by atoms with E-state index in [0.717, 1.165) is 77.7 Å². The monoisotopic (exact) mass is 765 g/mol. The molecule has 0 amide bonds. The van der Waals surface area contributed by atoms with Gasteiger partial charge < -0.3 is 4.57 Å². The van der Waals surface area contributed by atoms with Gasteiger partial charge in [-0.3, -0.25) is 0 Å². The van der Waals surface area contributed by atoms with Crippen molar-refractivity contribution < 1.29 is 0 Å². The van der Waals surface area contributed by atoms with Gasteiger partial charge in [0.25, 0.3) is 0 Å². The maximum Gasteiger partial charge on any atom is 0.160 e. The lowest BCUT2D eigenvalue weighted by Gasteiger charge is -2.22. The number of para-hydroxylation sites is 1. The summed E-state index contributed by atoms with van der Waals surface area (Å²) in [6, 6.07) is 70.6. The number of aromatic nitrogens is 3. The van der Waals surface area contributed by atoms with Crippen LogP contribution in [0.5, 0.6) is 0 Å². The zero-order valence-corrected chi connectivity index (χ0v) is 32.7. The highest BCUT2D eigenvalue weighted by Gasteiger charge is 2.25. The average molecular weight is 766 g/mol. The van der Waals surface area contributed by atoms with Crippen molar-refractivity contribution >= 4 is 21.8 Å². The van der Waals surface area contributed by atoms with Crippen LogP contribution >= 0.6 is 0 Å². The van der Waals surface area contributed by atoms with Crippen molar-refractivity contribution in [2.24, 2.45) is 0 Å². The number of nitriles is 2. The van der Waals surface area contributed by atoms with E-state index >= 15 is 0 Å². The molecule has 10 aromatic rings. The second-order valence-electron chi connectivity index (χ2n) is 14.8. The largest absolute Gasteiger partial charge is 0.308 e. The Labute approximate surface area is 348 Å². The third-order valence-electron chi connectivity index (χ3n) is 11.3. The molecular formula is C55H35N5. The molecule has 0 aliphatic heterocycles. The number of hydrogen-bond donors (Lipinski definition) is 0. The average Bonchev–Trinajstić information content (AvgIpc) is 3.64. The first kappa shape index (κ1) is 36.0. The number of aryl methyl sites for hydroxylation is 1. The molecule has 0 spiro atoms. The Kier molecular flexibility index (Phi) is 9.10. The minimum Gasteiger partial charge on any atom is -0.308 e. The molecule has 8 aromatic carbocycles. The van der Waals surface area contributed by atoms with Gasteiger partial charge in [0.05, 0.1) is 51.4 Å². The molecule has 0 atom stereocenters. The van der Waals surface area contributed by atoms with Crippen molar-refractivity contribution in [2.75, 3.05) is 0 Å². The first-order valence-electron chi connectivity index (χ1n) is 19.9. The van der Waals surface area contributed by atoms with Crippen LogP contribution in [0.2, 0.25) is 0 Å². The molecule has 0 aliphatic rings. The van der Waals surface area contributed by atoms with E-state index in [1.54, 1.807) is 0 Å². The summed E-state index contributed by atoms with van der Waals surface area (Å²) in [6.45, 7) is 2.14. The van der Waals surface area contributed by atoms with Crippen molar-refractivity contribution in [3.8, 4) is 85.1 Å². The van der Waals surface area contributed by atoms with Gasteiger partial charge in [-0.25, -0.2) is 9.97 Å². The zero-order valence-electron chi connectivity index (χ0n) is 32.7. The lowest BCUT2D eigenvalue weighted by Crippen LogP contribution is -2.04. The van der Waals surface area contributed by atoms with E-state index in [9.17, 15) is 10.5 Å². The Bertz CT molecular complexity index is 3210. The Morgan fingerprint density at radius 3 is 1.55 bits per heavy atom. The summed E-state index contributed by atoms with van der Waals surface area (Å²) in [6.07, 6.45) is 0. The molecule has 0 bridgehead atoms. The van der Waals surface area contributed by atoms with Gasteiger partial charge in [-0.05, 0) is 72.1 Å². The normalized spacial score (nSPS) is 11.1. The summed E-state index contributed by atoms with van der Waals surface area (Å²) in [5, 5.41) is 23.5. The van der Waals surface area contributed by atoms with Crippen LogP contribution in [0.3, 0.4) is 0 Å². The summed E-state index contributed by atoms with van der Waals surface area (Å²) >= 11 is 0. The Hall–Kier alpha value is -8.38. The quantitative estimate of drug-likeness (QED) is 0.162. The van der Waals surface area contributed by atoms with Crippen molar-refractivity contribution in [3.63, 3.8) is 0 Å². The molecule has 0 radical (unpaired) electrons. The van der Waals surface area contributed by atoms with Crippen LogP contribution in [-0.4, -0.2) is 14.5 Å². The van der Waals surface area contributed by atoms with Gasteiger partial charge in [0.2, 0.25) is 0 Å². The van der Waals surface area contributed by atoms with Gasteiger partial charge in [-0.2, -0.15) is 10.5 Å². The molecular weight excluding hydrogens is 731 g/mol. The van der Waals surface area contributed by atoms with Crippen molar-refractivity contribution in [1.29, 1.82) is 10.5 Å². The van der Waals surface area contributed by atoms with E-state index in [1.165, 1.54) is 11.1 Å². The molecule has 0 saturated heterocycles. The lowest BCUT2D eigenvalue weighted by molar-refractivity contribution is 1.17. The van der Waals surface area contributed by atoms with Crippen LogP contribution in [0, 0.1) is 29.6 Å². The summed E-state index contributed by atoms with van der Waals surface area (Å²) in [4.78, 5) is 10.3. The summed E-state index contributed by atoms with van der Waals surface area (Å²) in [5.74, 6) is 0.598. The predicted molar refractivity (Wildman–Crippen MR) is 243 cm³/mol. The second kappa shape index (κ2) is 15.2. The smallest absolute Gasteiger partial charge is 0.160 e. The van der Waals surface area contributed by atoms with Gasteiger partial charge in [-0.15, -0.1) is 0 Å². The van der Waals surface area contributed by atoms with Crippen LogP contribution in [-0.2, 0) is 0 Å². The summed E-state index contributed by atoms with van der Waals surface area (Å²) in [7, 11) is 0. The molecule has 60 heavy (non-hydrogen) atoms. The van der Waals surface area contributed by atoms with Crippen LogP contribution in [0.25, 0.3) is 94.8 Å². The number of benzene rings is 8. The zero-order chi connectivity index (χ0) is 40.6. The van der Waals surface area contributed by atoms with Crippen LogP contribution in [0.1, 0.15) is 16.7 Å². The lowest BCUT2D eigenvalue weighted by atomic mass is 9.88. The van der Waals surface area contributed by atoms with Crippen molar-refractivity contribution in [1.82, 2.24) is 14.5 Å². The first-order chi connectivity index (χ1) is 29.6. The van der Waals surface area contributed by atoms with E-state index in [1.807, 2.05) is 103 Å². The minimum absolute atomic E-state index is 0.538. The molecule has 5 heteroatoms. The van der Waals surface area contributed by atoms with Gasteiger partial charge in [0.1, 0.15) is 0 Å². The van der Waals surface area contributed by atoms with Gasteiger partial charge >= 0.3 is 0 Å². The van der Waals surface area contributed by atoms with Crippen molar-refractivity contribution in [2.45, 2.75) is 6.92 Å². The maximum atomic E-state index is 10.7. The Morgan fingerprint density at radius 1 is 0.400 bits per heavy atom. The Morgan fingerprint density at radius 2 is 0.917 bits per heavy atom. The third-order valence-corrected chi connectivity index (χ3v) is 11.3. The number of rotatable bonds is 7. The molecule has 2 heterocycles. The van der Waals surface area contributed by atoms with E-state index in [4.69, 9.17) is 9.97 Å². The first-order valence-corrected chi connectivity index (χ1v) is 19.9. The van der Waals surface area contributed by atoms with E-state index < -0.39 is 0 Å².